The molecule has 0 saturated carbocycles. The number of hydrogen-bond acceptors (Lipinski definition) is 5. The van der Waals surface area contributed by atoms with Gasteiger partial charge in [-0.15, -0.1) is 12.4 Å². The highest BCUT2D eigenvalue weighted by atomic mass is 35.5. The molecule has 0 unspecified atom stereocenters. The summed E-state index contributed by atoms with van der Waals surface area (Å²) in [4.78, 5) is 0. The Morgan fingerprint density at radius 2 is 1.87 bits per heavy atom. The van der Waals surface area contributed by atoms with E-state index in [9.17, 15) is 5.11 Å². The lowest BCUT2D eigenvalue weighted by Gasteiger charge is -2.08. The number of halogens is 1. The molecule has 2 aromatic carbocycles. The highest BCUT2D eigenvalue weighted by molar-refractivity contribution is 5.85. The molecule has 0 bridgehead atoms. The molecule has 124 valence electrons. The molecule has 0 fully saturated rings. The van der Waals surface area contributed by atoms with Gasteiger partial charge in [-0.1, -0.05) is 12.1 Å². The molecule has 5 nitrogen and oxygen atoms in total. The van der Waals surface area contributed by atoms with Crippen molar-refractivity contribution >= 4 is 12.4 Å². The zero-order valence-corrected chi connectivity index (χ0v) is 13.7. The largest absolute Gasteiger partial charge is 0.504 e. The van der Waals surface area contributed by atoms with Crippen LogP contribution in [0.5, 0.6) is 23.0 Å². The maximum absolute atomic E-state index is 9.56. The van der Waals surface area contributed by atoms with Crippen LogP contribution >= 0.6 is 12.4 Å². The van der Waals surface area contributed by atoms with Crippen LogP contribution in [0.4, 0.5) is 0 Å². The predicted molar refractivity (Wildman–Crippen MR) is 89.9 cm³/mol. The standard InChI is InChI=1S/C17H19NO4.ClH/c1-20-16-9-13(2-4-14(16)19)10-18-7-6-12-3-5-15-17(8-12)22-11-21-15;/h2-5,8-9,18-19H,6-7,10-11H2,1H3;1H. The van der Waals surface area contributed by atoms with Gasteiger partial charge in [-0.2, -0.15) is 0 Å². The van der Waals surface area contributed by atoms with Crippen LogP contribution in [-0.2, 0) is 13.0 Å². The van der Waals surface area contributed by atoms with Crippen LogP contribution in [0.2, 0.25) is 0 Å². The quantitative estimate of drug-likeness (QED) is 0.794. The molecule has 23 heavy (non-hydrogen) atoms. The number of fused-ring (bicyclic) bond motifs is 1. The van der Waals surface area contributed by atoms with Crippen molar-refractivity contribution in [3.8, 4) is 23.0 Å². The van der Waals surface area contributed by atoms with Gasteiger partial charge >= 0.3 is 0 Å². The molecule has 0 aromatic heterocycles. The summed E-state index contributed by atoms with van der Waals surface area (Å²) in [6, 6.07) is 11.4. The van der Waals surface area contributed by atoms with E-state index in [4.69, 9.17) is 14.2 Å². The maximum atomic E-state index is 9.56. The molecule has 0 aliphatic carbocycles. The molecule has 2 N–H and O–H groups in total. The van der Waals surface area contributed by atoms with Crippen LogP contribution in [0.3, 0.4) is 0 Å². The smallest absolute Gasteiger partial charge is 0.231 e. The number of benzene rings is 2. The number of methoxy groups -OCH3 is 1. The summed E-state index contributed by atoms with van der Waals surface area (Å²) >= 11 is 0. The first-order chi connectivity index (χ1) is 10.8. The first kappa shape index (κ1) is 17.2. The number of rotatable bonds is 6. The zero-order valence-electron chi connectivity index (χ0n) is 12.9. The molecule has 0 radical (unpaired) electrons. The van der Waals surface area contributed by atoms with Gasteiger partial charge in [0.2, 0.25) is 6.79 Å². The Morgan fingerprint density at radius 1 is 1.09 bits per heavy atom. The number of phenols is 1. The summed E-state index contributed by atoms with van der Waals surface area (Å²) in [7, 11) is 1.55. The van der Waals surface area contributed by atoms with Gasteiger partial charge in [0, 0.05) is 6.54 Å². The Balaban J connectivity index is 0.00000192. The van der Waals surface area contributed by atoms with Crippen LogP contribution in [0.25, 0.3) is 0 Å². The Bertz CT molecular complexity index is 650. The van der Waals surface area contributed by atoms with E-state index in [2.05, 4.69) is 11.4 Å². The number of aromatic hydroxyl groups is 1. The topological polar surface area (TPSA) is 60.0 Å². The molecule has 3 rings (SSSR count). The second kappa shape index (κ2) is 7.94. The van der Waals surface area contributed by atoms with Gasteiger partial charge in [-0.3, -0.25) is 0 Å². The highest BCUT2D eigenvalue weighted by Gasteiger charge is 2.12. The van der Waals surface area contributed by atoms with E-state index in [1.165, 1.54) is 5.56 Å². The van der Waals surface area contributed by atoms with Crippen molar-refractivity contribution in [1.82, 2.24) is 5.32 Å². The maximum Gasteiger partial charge on any atom is 0.231 e. The van der Waals surface area contributed by atoms with Gasteiger partial charge in [-0.05, 0) is 48.4 Å². The number of nitrogens with one attached hydrogen (secondary N) is 1. The molecular weight excluding hydrogens is 318 g/mol. The van der Waals surface area contributed by atoms with Crippen molar-refractivity contribution in [2.75, 3.05) is 20.4 Å². The van der Waals surface area contributed by atoms with E-state index in [-0.39, 0.29) is 18.2 Å². The molecule has 0 saturated heterocycles. The molecule has 0 amide bonds. The first-order valence-electron chi connectivity index (χ1n) is 7.21. The molecule has 0 spiro atoms. The highest BCUT2D eigenvalue weighted by Crippen LogP contribution is 2.32. The monoisotopic (exact) mass is 337 g/mol. The van der Waals surface area contributed by atoms with Crippen LogP contribution in [-0.4, -0.2) is 25.6 Å². The number of phenolic OH excluding ortho intramolecular Hbond substituents is 1. The van der Waals surface area contributed by atoms with E-state index in [1.54, 1.807) is 13.2 Å². The Kier molecular flexibility index (Phi) is 5.96. The van der Waals surface area contributed by atoms with Gasteiger partial charge in [-0.25, -0.2) is 0 Å². The lowest BCUT2D eigenvalue weighted by Crippen LogP contribution is -2.16. The van der Waals surface area contributed by atoms with E-state index in [0.717, 1.165) is 36.6 Å². The van der Waals surface area contributed by atoms with Crippen molar-refractivity contribution < 1.29 is 19.3 Å². The van der Waals surface area contributed by atoms with Crippen molar-refractivity contribution in [1.29, 1.82) is 0 Å². The van der Waals surface area contributed by atoms with Crippen LogP contribution < -0.4 is 19.5 Å². The molecule has 1 heterocycles. The molecule has 0 atom stereocenters. The minimum atomic E-state index is 0. The minimum absolute atomic E-state index is 0. The van der Waals surface area contributed by atoms with E-state index in [0.29, 0.717) is 12.5 Å². The zero-order chi connectivity index (χ0) is 15.4. The Hall–Kier alpha value is -2.11. The molecular formula is C17H20ClNO4. The lowest BCUT2D eigenvalue weighted by atomic mass is 10.1. The number of hydrogen-bond donors (Lipinski definition) is 2. The van der Waals surface area contributed by atoms with Gasteiger partial charge in [0.25, 0.3) is 0 Å². The third-order valence-electron chi connectivity index (χ3n) is 3.60. The predicted octanol–water partition coefficient (Wildman–Crippen LogP) is 2.88. The minimum Gasteiger partial charge on any atom is -0.504 e. The summed E-state index contributed by atoms with van der Waals surface area (Å²) in [6.07, 6.45) is 0.909. The fraction of sp³-hybridized carbons (Fsp3) is 0.294. The first-order valence-corrected chi connectivity index (χ1v) is 7.21. The van der Waals surface area contributed by atoms with E-state index >= 15 is 0 Å². The molecule has 2 aromatic rings. The summed E-state index contributed by atoms with van der Waals surface area (Å²) in [6.45, 7) is 1.88. The second-order valence-corrected chi connectivity index (χ2v) is 5.12. The normalized spacial score (nSPS) is 11.9. The molecule has 6 heteroatoms. The lowest BCUT2D eigenvalue weighted by molar-refractivity contribution is 0.174. The third kappa shape index (κ3) is 4.21. The van der Waals surface area contributed by atoms with E-state index < -0.39 is 0 Å². The number of ether oxygens (including phenoxy) is 3. The fourth-order valence-corrected chi connectivity index (χ4v) is 2.39. The van der Waals surface area contributed by atoms with Gasteiger partial charge in [0.15, 0.2) is 23.0 Å². The summed E-state index contributed by atoms with van der Waals surface area (Å²) in [5, 5.41) is 12.9. The van der Waals surface area contributed by atoms with Gasteiger partial charge in [0.05, 0.1) is 7.11 Å². The van der Waals surface area contributed by atoms with Crippen molar-refractivity contribution in [2.45, 2.75) is 13.0 Å². The summed E-state index contributed by atoms with van der Waals surface area (Å²) in [5.41, 5.74) is 2.28. The van der Waals surface area contributed by atoms with Crippen molar-refractivity contribution in [3.63, 3.8) is 0 Å². The van der Waals surface area contributed by atoms with Crippen molar-refractivity contribution in [3.05, 3.63) is 47.5 Å². The Morgan fingerprint density at radius 3 is 2.70 bits per heavy atom. The average molecular weight is 338 g/mol. The van der Waals surface area contributed by atoms with Crippen LogP contribution in [0, 0.1) is 0 Å². The Labute approximate surface area is 141 Å². The molecule has 1 aliphatic heterocycles. The SMILES string of the molecule is COc1cc(CNCCc2ccc3c(c2)OCO3)ccc1O.Cl. The van der Waals surface area contributed by atoms with Crippen molar-refractivity contribution in [2.24, 2.45) is 0 Å². The fourth-order valence-electron chi connectivity index (χ4n) is 2.39. The average Bonchev–Trinajstić information content (AvgIpc) is 3.00. The third-order valence-corrected chi connectivity index (χ3v) is 3.60. The summed E-state index contributed by atoms with van der Waals surface area (Å²) < 4.78 is 15.8. The summed E-state index contributed by atoms with van der Waals surface area (Å²) in [5.74, 6) is 2.29. The van der Waals surface area contributed by atoms with Crippen LogP contribution in [0.1, 0.15) is 11.1 Å². The van der Waals surface area contributed by atoms with Crippen LogP contribution in [0.15, 0.2) is 36.4 Å². The molecule has 1 aliphatic rings. The van der Waals surface area contributed by atoms with Gasteiger partial charge < -0.3 is 24.6 Å². The second-order valence-electron chi connectivity index (χ2n) is 5.12. The van der Waals surface area contributed by atoms with Gasteiger partial charge in [0.1, 0.15) is 0 Å². The van der Waals surface area contributed by atoms with E-state index in [1.807, 2.05) is 24.3 Å².